The van der Waals surface area contributed by atoms with Crippen LogP contribution in [0.2, 0.25) is 0 Å². The van der Waals surface area contributed by atoms with E-state index >= 15 is 0 Å². The maximum absolute atomic E-state index is 12.9. The predicted octanol–water partition coefficient (Wildman–Crippen LogP) is 1.04. The SMILES string of the molecule is Cc1cc(C(=O)N2CC3CN[C@H](CCCC(=O)N(C)C)C(C3)C2)n(C)n1. The molecule has 2 amide bonds. The van der Waals surface area contributed by atoms with Gasteiger partial charge in [-0.05, 0) is 50.6 Å². The highest BCUT2D eigenvalue weighted by Crippen LogP contribution is 2.31. The smallest absolute Gasteiger partial charge is 0.272 e. The standard InChI is InChI=1S/C19H31N5O2/c1-13-8-17(23(4)21-13)19(26)24-11-14-9-15(12-24)16(20-10-14)6-5-7-18(25)22(2)3/h8,14-16,20H,5-7,9-12H2,1-4H3/t14?,15?,16-/m1/s1. The monoisotopic (exact) mass is 361 g/mol. The molecule has 3 atom stereocenters. The van der Waals surface area contributed by atoms with Crippen LogP contribution in [-0.4, -0.2) is 71.2 Å². The number of aromatic nitrogens is 2. The number of fused-ring (bicyclic) bond motifs is 2. The number of carbonyl (C=O) groups is 2. The van der Waals surface area contributed by atoms with Gasteiger partial charge in [0.1, 0.15) is 5.69 Å². The van der Waals surface area contributed by atoms with Gasteiger partial charge >= 0.3 is 0 Å². The van der Waals surface area contributed by atoms with Crippen LogP contribution < -0.4 is 5.32 Å². The van der Waals surface area contributed by atoms with E-state index in [1.165, 1.54) is 6.42 Å². The molecule has 2 fully saturated rings. The normalized spacial score (nSPS) is 25.2. The Kier molecular flexibility index (Phi) is 5.65. The lowest BCUT2D eigenvalue weighted by Crippen LogP contribution is -2.57. The van der Waals surface area contributed by atoms with Gasteiger partial charge in [-0.3, -0.25) is 14.3 Å². The largest absolute Gasteiger partial charge is 0.349 e. The van der Waals surface area contributed by atoms with Gasteiger partial charge in [0, 0.05) is 46.7 Å². The summed E-state index contributed by atoms with van der Waals surface area (Å²) < 4.78 is 1.69. The molecule has 0 radical (unpaired) electrons. The Balaban J connectivity index is 1.59. The van der Waals surface area contributed by atoms with Crippen LogP contribution in [0, 0.1) is 18.8 Å². The summed E-state index contributed by atoms with van der Waals surface area (Å²) >= 11 is 0. The minimum Gasteiger partial charge on any atom is -0.349 e. The van der Waals surface area contributed by atoms with Crippen molar-refractivity contribution in [2.45, 2.75) is 38.6 Å². The Labute approximate surface area is 155 Å². The zero-order valence-electron chi connectivity index (χ0n) is 16.4. The molecule has 26 heavy (non-hydrogen) atoms. The zero-order chi connectivity index (χ0) is 18.8. The van der Waals surface area contributed by atoms with E-state index < -0.39 is 0 Å². The number of carbonyl (C=O) groups excluding carboxylic acids is 2. The molecule has 3 rings (SSSR count). The molecule has 2 aliphatic rings. The van der Waals surface area contributed by atoms with Crippen LogP contribution in [0.3, 0.4) is 0 Å². The number of hydrogen-bond acceptors (Lipinski definition) is 4. The molecule has 0 aromatic carbocycles. The van der Waals surface area contributed by atoms with E-state index in [1.54, 1.807) is 23.7 Å². The summed E-state index contributed by atoms with van der Waals surface area (Å²) in [5.74, 6) is 1.26. The second-order valence-corrected chi connectivity index (χ2v) is 8.06. The fraction of sp³-hybridized carbons (Fsp3) is 0.737. The van der Waals surface area contributed by atoms with Crippen molar-refractivity contribution in [2.75, 3.05) is 33.7 Å². The molecule has 0 saturated carbocycles. The third kappa shape index (κ3) is 4.09. The second kappa shape index (κ2) is 7.78. The van der Waals surface area contributed by atoms with Gasteiger partial charge in [-0.2, -0.15) is 5.10 Å². The van der Waals surface area contributed by atoms with Gasteiger partial charge < -0.3 is 15.1 Å². The summed E-state index contributed by atoms with van der Waals surface area (Å²) in [6, 6.07) is 2.26. The van der Waals surface area contributed by atoms with E-state index in [0.717, 1.165) is 38.2 Å². The molecule has 0 aliphatic carbocycles. The van der Waals surface area contributed by atoms with Crippen LogP contribution in [0.5, 0.6) is 0 Å². The van der Waals surface area contributed by atoms with Crippen LogP contribution in [0.4, 0.5) is 0 Å². The molecule has 7 heteroatoms. The lowest BCUT2D eigenvalue weighted by atomic mass is 9.79. The molecule has 3 heterocycles. The third-order valence-corrected chi connectivity index (χ3v) is 5.72. The minimum atomic E-state index is 0.0891. The maximum Gasteiger partial charge on any atom is 0.272 e. The summed E-state index contributed by atoms with van der Waals surface area (Å²) in [4.78, 5) is 28.4. The van der Waals surface area contributed by atoms with Crippen LogP contribution in [-0.2, 0) is 11.8 Å². The van der Waals surface area contributed by atoms with Gasteiger partial charge in [-0.1, -0.05) is 0 Å². The molecule has 144 valence electrons. The maximum atomic E-state index is 12.9. The van der Waals surface area contributed by atoms with Crippen molar-refractivity contribution in [2.24, 2.45) is 18.9 Å². The first-order chi connectivity index (χ1) is 12.3. The van der Waals surface area contributed by atoms with E-state index in [0.29, 0.717) is 30.0 Å². The summed E-state index contributed by atoms with van der Waals surface area (Å²) in [5, 5.41) is 7.96. The topological polar surface area (TPSA) is 70.5 Å². The number of amides is 2. The van der Waals surface area contributed by atoms with Crippen molar-refractivity contribution in [1.82, 2.24) is 24.9 Å². The van der Waals surface area contributed by atoms with Gasteiger partial charge in [0.25, 0.3) is 5.91 Å². The Bertz CT molecular complexity index is 669. The summed E-state index contributed by atoms with van der Waals surface area (Å²) in [6.45, 7) is 4.48. The van der Waals surface area contributed by atoms with E-state index in [9.17, 15) is 9.59 Å². The average Bonchev–Trinajstić information content (AvgIpc) is 2.94. The molecular formula is C19H31N5O2. The number of hydrogen-bond donors (Lipinski definition) is 1. The molecule has 0 spiro atoms. The average molecular weight is 361 g/mol. The molecule has 1 N–H and O–H groups in total. The molecular weight excluding hydrogens is 330 g/mol. The van der Waals surface area contributed by atoms with Gasteiger partial charge in [0.2, 0.25) is 5.91 Å². The minimum absolute atomic E-state index is 0.0891. The highest BCUT2D eigenvalue weighted by Gasteiger charge is 2.38. The number of piperidine rings is 2. The molecule has 2 bridgehead atoms. The lowest BCUT2D eigenvalue weighted by molar-refractivity contribution is -0.128. The Morgan fingerprint density at radius 2 is 2.12 bits per heavy atom. The van der Waals surface area contributed by atoms with Crippen molar-refractivity contribution in [3.05, 3.63) is 17.5 Å². The molecule has 2 aliphatic heterocycles. The van der Waals surface area contributed by atoms with Crippen molar-refractivity contribution in [1.29, 1.82) is 0 Å². The number of aryl methyl sites for hydroxylation is 2. The van der Waals surface area contributed by atoms with Crippen molar-refractivity contribution in [3.8, 4) is 0 Å². The Hall–Kier alpha value is -1.89. The molecule has 7 nitrogen and oxygen atoms in total. The van der Waals surface area contributed by atoms with Gasteiger partial charge in [-0.25, -0.2) is 0 Å². The Morgan fingerprint density at radius 1 is 1.35 bits per heavy atom. The Morgan fingerprint density at radius 3 is 2.77 bits per heavy atom. The first kappa shape index (κ1) is 18.9. The van der Waals surface area contributed by atoms with Crippen molar-refractivity contribution in [3.63, 3.8) is 0 Å². The first-order valence-electron chi connectivity index (χ1n) is 9.58. The second-order valence-electron chi connectivity index (χ2n) is 8.06. The molecule has 1 aromatic heterocycles. The molecule has 1 aromatic rings. The van der Waals surface area contributed by atoms with Crippen LogP contribution in [0.15, 0.2) is 6.07 Å². The third-order valence-electron chi connectivity index (χ3n) is 5.72. The fourth-order valence-electron chi connectivity index (χ4n) is 4.34. The zero-order valence-corrected chi connectivity index (χ0v) is 16.4. The van der Waals surface area contributed by atoms with Crippen LogP contribution in [0.25, 0.3) is 0 Å². The summed E-state index contributed by atoms with van der Waals surface area (Å²) in [7, 11) is 5.43. The number of likely N-dealkylation sites (tertiary alicyclic amines) is 1. The van der Waals surface area contributed by atoms with Crippen LogP contribution >= 0.6 is 0 Å². The molecule has 2 saturated heterocycles. The van der Waals surface area contributed by atoms with E-state index in [2.05, 4.69) is 10.4 Å². The van der Waals surface area contributed by atoms with E-state index in [4.69, 9.17) is 0 Å². The summed E-state index contributed by atoms with van der Waals surface area (Å²) in [5.41, 5.74) is 1.54. The van der Waals surface area contributed by atoms with E-state index in [-0.39, 0.29) is 11.8 Å². The van der Waals surface area contributed by atoms with Crippen molar-refractivity contribution < 1.29 is 9.59 Å². The first-order valence-corrected chi connectivity index (χ1v) is 9.58. The van der Waals surface area contributed by atoms with Crippen LogP contribution in [0.1, 0.15) is 41.9 Å². The summed E-state index contributed by atoms with van der Waals surface area (Å²) in [6.07, 6.45) is 3.65. The number of rotatable bonds is 5. The number of nitrogens with one attached hydrogen (secondary N) is 1. The lowest BCUT2D eigenvalue weighted by Gasteiger charge is -2.46. The molecule has 2 unspecified atom stereocenters. The van der Waals surface area contributed by atoms with Gasteiger partial charge in [0.05, 0.1) is 5.69 Å². The van der Waals surface area contributed by atoms with Gasteiger partial charge in [0.15, 0.2) is 0 Å². The van der Waals surface area contributed by atoms with Crippen molar-refractivity contribution >= 4 is 11.8 Å². The van der Waals surface area contributed by atoms with Gasteiger partial charge in [-0.15, -0.1) is 0 Å². The fourth-order valence-corrected chi connectivity index (χ4v) is 4.34. The number of nitrogens with zero attached hydrogens (tertiary/aromatic N) is 4. The van der Waals surface area contributed by atoms with E-state index in [1.807, 2.05) is 24.9 Å². The highest BCUT2D eigenvalue weighted by atomic mass is 16.2. The quantitative estimate of drug-likeness (QED) is 0.851. The predicted molar refractivity (Wildman–Crippen MR) is 99.8 cm³/mol. The highest BCUT2D eigenvalue weighted by molar-refractivity contribution is 5.92.